The molecule has 0 radical (unpaired) electrons. The highest BCUT2D eigenvalue weighted by Crippen LogP contribution is 2.33. The summed E-state index contributed by atoms with van der Waals surface area (Å²) < 4.78 is 11.4. The molecule has 1 aliphatic rings. The topological polar surface area (TPSA) is 105 Å². The second-order valence-corrected chi connectivity index (χ2v) is 9.66. The van der Waals surface area contributed by atoms with Crippen molar-refractivity contribution in [3.8, 4) is 17.1 Å². The molecule has 1 aromatic carbocycles. The maximum atomic E-state index is 12.5. The quantitative estimate of drug-likeness (QED) is 0.243. The molecule has 0 atom stereocenters. The number of carbonyl (C=O) groups excluding carboxylic acids is 1. The highest BCUT2D eigenvalue weighted by molar-refractivity contribution is 6.32. The van der Waals surface area contributed by atoms with Gasteiger partial charge >= 0.3 is 0 Å². The predicted molar refractivity (Wildman–Crippen MR) is 150 cm³/mol. The van der Waals surface area contributed by atoms with Gasteiger partial charge in [0.2, 0.25) is 5.91 Å². The molecule has 1 saturated heterocycles. The van der Waals surface area contributed by atoms with Crippen molar-refractivity contribution in [2.75, 3.05) is 25.0 Å². The van der Waals surface area contributed by atoms with Gasteiger partial charge in [-0.15, -0.1) is 0 Å². The minimum absolute atomic E-state index is 0.181. The molecule has 4 heterocycles. The van der Waals surface area contributed by atoms with Gasteiger partial charge in [0, 0.05) is 42.5 Å². The van der Waals surface area contributed by atoms with Crippen molar-refractivity contribution in [1.29, 1.82) is 0 Å². The summed E-state index contributed by atoms with van der Waals surface area (Å²) in [6.45, 7) is 7.10. The van der Waals surface area contributed by atoms with Crippen molar-refractivity contribution < 1.29 is 14.1 Å². The standard InChI is InChI=1S/C29H29ClN6O3/c1-20(18-36-12-4-5-13-36)29(37)33-16-23-15-28(39-35-23)24-17-31-11-9-26(24)34-21-7-8-27(25(30)14-21)38-19-22-6-2-3-10-32-22/h2-3,6-11,14-15,17H,1,4-5,12-13,16,18-19H2,(H,31,34)(H,33,37). The van der Waals surface area contributed by atoms with Gasteiger partial charge in [0.25, 0.3) is 0 Å². The molecule has 200 valence electrons. The molecule has 2 N–H and O–H groups in total. The highest BCUT2D eigenvalue weighted by Gasteiger charge is 2.17. The molecule has 5 rings (SSSR count). The summed E-state index contributed by atoms with van der Waals surface area (Å²) >= 11 is 6.48. The van der Waals surface area contributed by atoms with E-state index >= 15 is 0 Å². The first-order chi connectivity index (χ1) is 19.0. The van der Waals surface area contributed by atoms with Gasteiger partial charge in [0.1, 0.15) is 18.1 Å². The third-order valence-corrected chi connectivity index (χ3v) is 6.62. The molecule has 0 aliphatic carbocycles. The maximum absolute atomic E-state index is 12.5. The number of nitrogens with one attached hydrogen (secondary N) is 2. The lowest BCUT2D eigenvalue weighted by molar-refractivity contribution is -0.117. The molecule has 0 saturated carbocycles. The van der Waals surface area contributed by atoms with Gasteiger partial charge in [-0.25, -0.2) is 0 Å². The molecular formula is C29H29ClN6O3. The number of likely N-dealkylation sites (tertiary alicyclic amines) is 1. The van der Waals surface area contributed by atoms with E-state index in [1.807, 2.05) is 30.3 Å². The first-order valence-corrected chi connectivity index (χ1v) is 13.1. The number of hydrogen-bond acceptors (Lipinski definition) is 8. The number of halogens is 1. The van der Waals surface area contributed by atoms with E-state index in [-0.39, 0.29) is 12.5 Å². The number of nitrogens with zero attached hydrogens (tertiary/aromatic N) is 4. The Morgan fingerprint density at radius 1 is 1.10 bits per heavy atom. The molecule has 10 heteroatoms. The lowest BCUT2D eigenvalue weighted by Gasteiger charge is -2.15. The Balaban J connectivity index is 1.20. The fourth-order valence-electron chi connectivity index (χ4n) is 4.29. The van der Waals surface area contributed by atoms with Crippen LogP contribution in [0.25, 0.3) is 11.3 Å². The largest absolute Gasteiger partial charge is 0.486 e. The molecule has 0 spiro atoms. The molecule has 4 aromatic rings. The Hall–Kier alpha value is -4.21. The number of amides is 1. The second-order valence-electron chi connectivity index (χ2n) is 9.25. The van der Waals surface area contributed by atoms with E-state index in [9.17, 15) is 4.79 Å². The summed E-state index contributed by atoms with van der Waals surface area (Å²) in [5.74, 6) is 0.902. The van der Waals surface area contributed by atoms with Crippen LogP contribution < -0.4 is 15.4 Å². The van der Waals surface area contributed by atoms with E-state index < -0.39 is 0 Å². The van der Waals surface area contributed by atoms with E-state index in [1.165, 1.54) is 12.8 Å². The summed E-state index contributed by atoms with van der Waals surface area (Å²) in [5, 5.41) is 10.8. The van der Waals surface area contributed by atoms with Crippen molar-refractivity contribution in [2.24, 2.45) is 0 Å². The Bertz CT molecular complexity index is 1440. The Morgan fingerprint density at radius 3 is 2.77 bits per heavy atom. The van der Waals surface area contributed by atoms with Gasteiger partial charge < -0.3 is 19.9 Å². The molecule has 1 aliphatic heterocycles. The molecule has 3 aromatic heterocycles. The Labute approximate surface area is 231 Å². The van der Waals surface area contributed by atoms with E-state index in [2.05, 4.69) is 37.2 Å². The van der Waals surface area contributed by atoms with E-state index in [4.69, 9.17) is 20.9 Å². The third-order valence-electron chi connectivity index (χ3n) is 6.32. The number of hydrogen-bond donors (Lipinski definition) is 2. The van der Waals surface area contributed by atoms with Crippen LogP contribution in [0, 0.1) is 0 Å². The van der Waals surface area contributed by atoms with Gasteiger partial charge in [0.05, 0.1) is 28.5 Å². The lowest BCUT2D eigenvalue weighted by atomic mass is 10.1. The average molecular weight is 545 g/mol. The molecule has 1 amide bonds. The third kappa shape index (κ3) is 7.01. The fraction of sp³-hybridized carbons (Fsp3) is 0.241. The first-order valence-electron chi connectivity index (χ1n) is 12.7. The van der Waals surface area contributed by atoms with E-state index in [0.29, 0.717) is 46.5 Å². The van der Waals surface area contributed by atoms with Gasteiger partial charge in [-0.1, -0.05) is 29.4 Å². The molecule has 1 fully saturated rings. The van der Waals surface area contributed by atoms with Crippen LogP contribution in [0.3, 0.4) is 0 Å². The van der Waals surface area contributed by atoms with Crippen molar-refractivity contribution in [2.45, 2.75) is 26.0 Å². The first kappa shape index (κ1) is 26.4. The summed E-state index contributed by atoms with van der Waals surface area (Å²) in [5.41, 5.74) is 4.20. The number of carbonyl (C=O) groups is 1. The predicted octanol–water partition coefficient (Wildman–Crippen LogP) is 5.38. The molecule has 9 nitrogen and oxygen atoms in total. The molecule has 39 heavy (non-hydrogen) atoms. The number of aromatic nitrogens is 3. The normalized spacial score (nSPS) is 13.3. The number of anilines is 2. The zero-order valence-corrected chi connectivity index (χ0v) is 22.2. The maximum Gasteiger partial charge on any atom is 0.248 e. The van der Waals surface area contributed by atoms with Gasteiger partial charge in [-0.3, -0.25) is 19.7 Å². The Kier molecular flexibility index (Phi) is 8.50. The minimum Gasteiger partial charge on any atom is -0.486 e. The van der Waals surface area contributed by atoms with Crippen LogP contribution >= 0.6 is 11.6 Å². The summed E-state index contributed by atoms with van der Waals surface area (Å²) in [6, 6.07) is 14.7. The van der Waals surface area contributed by atoms with Crippen LogP contribution in [0.5, 0.6) is 5.75 Å². The summed E-state index contributed by atoms with van der Waals surface area (Å²) in [6.07, 6.45) is 7.43. The molecular weight excluding hydrogens is 516 g/mol. The van der Waals surface area contributed by atoms with Gasteiger partial charge in [-0.2, -0.15) is 0 Å². The fourth-order valence-corrected chi connectivity index (χ4v) is 4.52. The highest BCUT2D eigenvalue weighted by atomic mass is 35.5. The van der Waals surface area contributed by atoms with Crippen molar-refractivity contribution in [3.05, 3.63) is 95.7 Å². The van der Waals surface area contributed by atoms with Gasteiger partial charge in [0.15, 0.2) is 5.76 Å². The number of rotatable bonds is 11. The zero-order valence-electron chi connectivity index (χ0n) is 21.4. The van der Waals surface area contributed by atoms with Crippen molar-refractivity contribution >= 4 is 28.9 Å². The van der Waals surface area contributed by atoms with Crippen LogP contribution in [0.15, 0.2) is 83.8 Å². The SMILES string of the molecule is C=C(CN1CCCC1)C(=O)NCc1cc(-c2cnccc2Nc2ccc(OCc3ccccn3)c(Cl)c2)on1. The van der Waals surface area contributed by atoms with Crippen LogP contribution in [-0.4, -0.2) is 45.6 Å². The number of pyridine rings is 2. The molecule has 0 unspecified atom stereocenters. The van der Waals surface area contributed by atoms with Crippen LogP contribution in [0.4, 0.5) is 11.4 Å². The second kappa shape index (κ2) is 12.6. The van der Waals surface area contributed by atoms with Crippen LogP contribution in [0.2, 0.25) is 5.02 Å². The van der Waals surface area contributed by atoms with Crippen LogP contribution in [-0.2, 0) is 17.9 Å². The summed E-state index contributed by atoms with van der Waals surface area (Å²) in [7, 11) is 0. The molecule has 0 bridgehead atoms. The summed E-state index contributed by atoms with van der Waals surface area (Å²) in [4.78, 5) is 23.2. The van der Waals surface area contributed by atoms with Crippen molar-refractivity contribution in [1.82, 2.24) is 25.3 Å². The average Bonchev–Trinajstić information content (AvgIpc) is 3.65. The van der Waals surface area contributed by atoms with E-state index in [1.54, 1.807) is 36.8 Å². The van der Waals surface area contributed by atoms with E-state index in [0.717, 1.165) is 30.2 Å². The van der Waals surface area contributed by atoms with Crippen molar-refractivity contribution in [3.63, 3.8) is 0 Å². The lowest BCUT2D eigenvalue weighted by Crippen LogP contribution is -2.31. The van der Waals surface area contributed by atoms with Gasteiger partial charge in [-0.05, 0) is 62.3 Å². The number of ether oxygens (including phenoxy) is 1. The minimum atomic E-state index is -0.181. The van der Waals surface area contributed by atoms with Crippen LogP contribution in [0.1, 0.15) is 24.2 Å². The monoisotopic (exact) mass is 544 g/mol. The Morgan fingerprint density at radius 2 is 1.97 bits per heavy atom. The smallest absolute Gasteiger partial charge is 0.248 e. The zero-order chi connectivity index (χ0) is 27.0. The number of benzene rings is 1.